The van der Waals surface area contributed by atoms with Gasteiger partial charge in [-0.1, -0.05) is 13.0 Å². The number of ether oxygens (including phenoxy) is 1. The molecule has 1 aromatic rings. The fourth-order valence-electron chi connectivity index (χ4n) is 1.24. The molecule has 1 N–H and O–H groups in total. The second-order valence-electron chi connectivity index (χ2n) is 3.08. The first-order valence-electron chi connectivity index (χ1n) is 4.60. The van der Waals surface area contributed by atoms with Gasteiger partial charge in [-0.15, -0.1) is 0 Å². The van der Waals surface area contributed by atoms with Crippen LogP contribution in [0, 0.1) is 0 Å². The van der Waals surface area contributed by atoms with Crippen molar-refractivity contribution in [2.24, 2.45) is 0 Å². The lowest BCUT2D eigenvalue weighted by atomic mass is 10.0. The lowest BCUT2D eigenvalue weighted by Gasteiger charge is -2.09. The number of aldehydes is 1. The standard InChI is InChI=1S/C11H14O3/c1-3-14-9-4-5-10(8(2)7-12)11(13)6-9/h4-8,13H,3H2,1-2H3. The molecule has 0 aliphatic rings. The first-order chi connectivity index (χ1) is 6.69. The average molecular weight is 194 g/mol. The lowest BCUT2D eigenvalue weighted by Crippen LogP contribution is -1.96. The smallest absolute Gasteiger partial charge is 0.127 e. The predicted molar refractivity (Wildman–Crippen MR) is 53.8 cm³/mol. The summed E-state index contributed by atoms with van der Waals surface area (Å²) in [5, 5.41) is 9.58. The van der Waals surface area contributed by atoms with E-state index >= 15 is 0 Å². The summed E-state index contributed by atoms with van der Waals surface area (Å²) in [6.45, 7) is 4.17. The molecule has 0 aromatic heterocycles. The van der Waals surface area contributed by atoms with E-state index in [9.17, 15) is 9.90 Å². The van der Waals surface area contributed by atoms with E-state index in [2.05, 4.69) is 0 Å². The van der Waals surface area contributed by atoms with Gasteiger partial charge in [0.1, 0.15) is 17.8 Å². The van der Waals surface area contributed by atoms with E-state index in [4.69, 9.17) is 4.74 Å². The van der Waals surface area contributed by atoms with E-state index in [-0.39, 0.29) is 11.7 Å². The molecule has 1 atom stereocenters. The molecule has 0 heterocycles. The average Bonchev–Trinajstić information content (AvgIpc) is 2.17. The van der Waals surface area contributed by atoms with Crippen molar-refractivity contribution < 1.29 is 14.6 Å². The Morgan fingerprint density at radius 3 is 2.79 bits per heavy atom. The molecule has 0 aliphatic carbocycles. The SMILES string of the molecule is CCOc1ccc(C(C)C=O)c(O)c1. The van der Waals surface area contributed by atoms with Crippen molar-refractivity contribution in [3.63, 3.8) is 0 Å². The quantitative estimate of drug-likeness (QED) is 0.746. The molecular weight excluding hydrogens is 180 g/mol. The maximum atomic E-state index is 10.5. The van der Waals surface area contributed by atoms with Gasteiger partial charge in [0.25, 0.3) is 0 Å². The van der Waals surface area contributed by atoms with Gasteiger partial charge in [-0.05, 0) is 13.0 Å². The van der Waals surface area contributed by atoms with Gasteiger partial charge in [-0.3, -0.25) is 0 Å². The van der Waals surface area contributed by atoms with E-state index in [0.29, 0.717) is 17.9 Å². The highest BCUT2D eigenvalue weighted by atomic mass is 16.5. The molecule has 0 fully saturated rings. The molecule has 1 rings (SSSR count). The Hall–Kier alpha value is -1.51. The topological polar surface area (TPSA) is 46.5 Å². The van der Waals surface area contributed by atoms with Crippen LogP contribution in [0.1, 0.15) is 25.3 Å². The molecule has 0 bridgehead atoms. The van der Waals surface area contributed by atoms with Crippen molar-refractivity contribution in [2.45, 2.75) is 19.8 Å². The van der Waals surface area contributed by atoms with E-state index < -0.39 is 0 Å². The van der Waals surface area contributed by atoms with Crippen LogP contribution in [0.25, 0.3) is 0 Å². The minimum atomic E-state index is -0.286. The maximum Gasteiger partial charge on any atom is 0.127 e. The van der Waals surface area contributed by atoms with Crippen molar-refractivity contribution >= 4 is 6.29 Å². The molecule has 3 nitrogen and oxygen atoms in total. The first-order valence-corrected chi connectivity index (χ1v) is 4.60. The summed E-state index contributed by atoms with van der Waals surface area (Å²) in [5.74, 6) is 0.438. The van der Waals surface area contributed by atoms with Crippen molar-refractivity contribution in [2.75, 3.05) is 6.61 Å². The summed E-state index contributed by atoms with van der Waals surface area (Å²) in [7, 11) is 0. The highest BCUT2D eigenvalue weighted by Crippen LogP contribution is 2.28. The lowest BCUT2D eigenvalue weighted by molar-refractivity contribution is -0.108. The third-order valence-corrected chi connectivity index (χ3v) is 2.01. The Morgan fingerprint density at radius 1 is 1.57 bits per heavy atom. The molecule has 0 saturated carbocycles. The molecule has 0 spiro atoms. The van der Waals surface area contributed by atoms with Crippen LogP contribution in [0.4, 0.5) is 0 Å². The summed E-state index contributed by atoms with van der Waals surface area (Å²) in [6.07, 6.45) is 0.801. The van der Waals surface area contributed by atoms with Crippen LogP contribution in [0.2, 0.25) is 0 Å². The third kappa shape index (κ3) is 2.25. The minimum Gasteiger partial charge on any atom is -0.508 e. The number of aromatic hydroxyl groups is 1. The molecular formula is C11H14O3. The summed E-state index contributed by atoms with van der Waals surface area (Å²) in [6, 6.07) is 4.98. The fourth-order valence-corrected chi connectivity index (χ4v) is 1.24. The third-order valence-electron chi connectivity index (χ3n) is 2.01. The van der Waals surface area contributed by atoms with E-state index in [0.717, 1.165) is 6.29 Å². The molecule has 3 heteroatoms. The predicted octanol–water partition coefficient (Wildman–Crippen LogP) is 2.09. The van der Waals surface area contributed by atoms with Gasteiger partial charge in [0, 0.05) is 17.5 Å². The zero-order valence-electron chi connectivity index (χ0n) is 8.36. The Morgan fingerprint density at radius 2 is 2.29 bits per heavy atom. The number of hydrogen-bond acceptors (Lipinski definition) is 3. The van der Waals surface area contributed by atoms with Gasteiger partial charge in [-0.2, -0.15) is 0 Å². The van der Waals surface area contributed by atoms with Crippen molar-refractivity contribution in [3.05, 3.63) is 23.8 Å². The molecule has 0 saturated heterocycles. The largest absolute Gasteiger partial charge is 0.508 e. The fraction of sp³-hybridized carbons (Fsp3) is 0.364. The Balaban J connectivity index is 2.94. The van der Waals surface area contributed by atoms with E-state index in [1.54, 1.807) is 19.1 Å². The van der Waals surface area contributed by atoms with Crippen LogP contribution in [0.15, 0.2) is 18.2 Å². The zero-order chi connectivity index (χ0) is 10.6. The summed E-state index contributed by atoms with van der Waals surface area (Å²) in [4.78, 5) is 10.5. The second-order valence-corrected chi connectivity index (χ2v) is 3.08. The number of phenols is 1. The van der Waals surface area contributed by atoms with Gasteiger partial charge >= 0.3 is 0 Å². The first kappa shape index (κ1) is 10.6. The number of hydrogen-bond donors (Lipinski definition) is 1. The minimum absolute atomic E-state index is 0.107. The van der Waals surface area contributed by atoms with E-state index in [1.165, 1.54) is 6.07 Å². The zero-order valence-corrected chi connectivity index (χ0v) is 8.36. The number of benzene rings is 1. The molecule has 14 heavy (non-hydrogen) atoms. The Labute approximate surface area is 83.3 Å². The Kier molecular flexibility index (Phi) is 3.51. The van der Waals surface area contributed by atoms with Gasteiger partial charge in [0.05, 0.1) is 6.61 Å². The molecule has 0 amide bonds. The van der Waals surface area contributed by atoms with Gasteiger partial charge in [0.2, 0.25) is 0 Å². The van der Waals surface area contributed by atoms with Crippen LogP contribution >= 0.6 is 0 Å². The highest BCUT2D eigenvalue weighted by Gasteiger charge is 2.09. The second kappa shape index (κ2) is 4.65. The monoisotopic (exact) mass is 194 g/mol. The van der Waals surface area contributed by atoms with Crippen LogP contribution in [0.5, 0.6) is 11.5 Å². The van der Waals surface area contributed by atoms with Crippen molar-refractivity contribution in [1.29, 1.82) is 0 Å². The Bertz CT molecular complexity index is 320. The normalized spacial score (nSPS) is 12.1. The summed E-state index contributed by atoms with van der Waals surface area (Å²) >= 11 is 0. The van der Waals surface area contributed by atoms with Crippen LogP contribution in [0.3, 0.4) is 0 Å². The van der Waals surface area contributed by atoms with Crippen molar-refractivity contribution in [1.82, 2.24) is 0 Å². The maximum absolute atomic E-state index is 10.5. The van der Waals surface area contributed by atoms with Crippen LogP contribution in [-0.2, 0) is 4.79 Å². The van der Waals surface area contributed by atoms with Crippen LogP contribution < -0.4 is 4.74 Å². The van der Waals surface area contributed by atoms with E-state index in [1.807, 2.05) is 6.92 Å². The van der Waals surface area contributed by atoms with Gasteiger partial charge < -0.3 is 14.6 Å². The number of carbonyl (C=O) groups is 1. The molecule has 0 aliphatic heterocycles. The number of phenolic OH excluding ortho intramolecular Hbond substituents is 1. The van der Waals surface area contributed by atoms with Crippen molar-refractivity contribution in [3.8, 4) is 11.5 Å². The molecule has 76 valence electrons. The molecule has 0 radical (unpaired) electrons. The van der Waals surface area contributed by atoms with Gasteiger partial charge in [-0.25, -0.2) is 0 Å². The highest BCUT2D eigenvalue weighted by molar-refractivity contribution is 5.64. The summed E-state index contributed by atoms with van der Waals surface area (Å²) in [5.41, 5.74) is 0.628. The number of rotatable bonds is 4. The van der Waals surface area contributed by atoms with Crippen LogP contribution in [-0.4, -0.2) is 18.0 Å². The number of carbonyl (C=O) groups excluding carboxylic acids is 1. The molecule has 1 aromatic carbocycles. The molecule has 1 unspecified atom stereocenters. The summed E-state index contributed by atoms with van der Waals surface area (Å²) < 4.78 is 5.21. The van der Waals surface area contributed by atoms with Gasteiger partial charge in [0.15, 0.2) is 0 Å².